The van der Waals surface area contributed by atoms with Crippen LogP contribution in [0.15, 0.2) is 182 Å². The third-order valence-electron chi connectivity index (χ3n) is 17.1. The van der Waals surface area contributed by atoms with Gasteiger partial charge in [0, 0.05) is 38.7 Å². The van der Waals surface area contributed by atoms with Gasteiger partial charge in [-0.3, -0.25) is 0 Å². The van der Waals surface area contributed by atoms with E-state index in [-0.39, 0.29) is 21.7 Å². The van der Waals surface area contributed by atoms with E-state index in [9.17, 15) is 0 Å². The lowest BCUT2D eigenvalue weighted by Crippen LogP contribution is -2.18. The molecule has 0 radical (unpaired) electrons. The minimum atomic E-state index is -0.150. The van der Waals surface area contributed by atoms with Gasteiger partial charge in [0.25, 0.3) is 0 Å². The molecular weight excluding hydrogens is 819 g/mol. The summed E-state index contributed by atoms with van der Waals surface area (Å²) in [6.45, 7) is 21.5. The summed E-state index contributed by atoms with van der Waals surface area (Å²) in [5, 5.41) is 0. The molecule has 0 amide bonds. The van der Waals surface area contributed by atoms with Crippen LogP contribution in [0.3, 0.4) is 0 Å². The van der Waals surface area contributed by atoms with E-state index in [1.54, 1.807) is 0 Å². The van der Waals surface area contributed by atoms with Crippen molar-refractivity contribution in [1.82, 2.24) is 0 Å². The number of hydrogen-bond acceptors (Lipinski definition) is 1. The molecule has 0 unspecified atom stereocenters. The Balaban J connectivity index is 1.07. The highest BCUT2D eigenvalue weighted by Crippen LogP contribution is 2.56. The van der Waals surface area contributed by atoms with Gasteiger partial charge in [0.05, 0.1) is 0 Å². The Hall–Kier alpha value is -7.22. The van der Waals surface area contributed by atoms with Crippen molar-refractivity contribution in [3.63, 3.8) is 0 Å². The van der Waals surface area contributed by atoms with Gasteiger partial charge in [-0.15, -0.1) is 0 Å². The second kappa shape index (κ2) is 13.9. The van der Waals surface area contributed by atoms with Gasteiger partial charge in [-0.2, -0.15) is 0 Å². The largest absolute Gasteiger partial charge is 0.310 e. The molecule has 9 aromatic carbocycles. The van der Waals surface area contributed by atoms with Crippen molar-refractivity contribution >= 4 is 17.1 Å². The highest BCUT2D eigenvalue weighted by atomic mass is 15.1. The van der Waals surface area contributed by atoms with Crippen molar-refractivity contribution in [2.75, 3.05) is 4.90 Å². The fraction of sp³-hybridized carbons (Fsp3) is 0.194. The van der Waals surface area contributed by atoms with Gasteiger partial charge >= 0.3 is 0 Å². The molecule has 1 heteroatoms. The van der Waals surface area contributed by atoms with Crippen LogP contribution in [-0.4, -0.2) is 0 Å². The summed E-state index contributed by atoms with van der Waals surface area (Å²) in [6, 6.07) is 69.9. The first kappa shape index (κ1) is 41.0. The lowest BCUT2D eigenvalue weighted by atomic mass is 9.80. The van der Waals surface area contributed by atoms with E-state index in [0.717, 1.165) is 17.1 Å². The molecule has 0 N–H and O–H groups in total. The summed E-state index contributed by atoms with van der Waals surface area (Å²) in [7, 11) is 0. The molecule has 330 valence electrons. The second-order valence-electron chi connectivity index (χ2n) is 22.2. The molecule has 4 aliphatic carbocycles. The molecule has 0 fully saturated rings. The summed E-state index contributed by atoms with van der Waals surface area (Å²) < 4.78 is 0. The van der Waals surface area contributed by atoms with Gasteiger partial charge < -0.3 is 4.90 Å². The Bertz CT molecular complexity index is 3410. The second-order valence-corrected chi connectivity index (χ2v) is 22.2. The predicted octanol–water partition coefficient (Wildman–Crippen LogP) is 18.0. The maximum absolute atomic E-state index is 2.56. The van der Waals surface area contributed by atoms with Crippen molar-refractivity contribution in [3.8, 4) is 66.8 Å². The van der Waals surface area contributed by atoms with Crippen molar-refractivity contribution in [1.29, 1.82) is 0 Å². The van der Waals surface area contributed by atoms with Crippen LogP contribution >= 0.6 is 0 Å². The first-order valence-electron chi connectivity index (χ1n) is 24.6. The van der Waals surface area contributed by atoms with E-state index in [4.69, 9.17) is 0 Å². The standard InChI is InChI=1S/C67H57N/c1-40-54(41-26-30-50-46-18-10-14-22-56(46)64(2,3)60(50)34-41)36-45(37-55(40)42-27-31-51-47-19-11-15-23-57(47)65(4,5)61(51)35-42)68(43-28-32-52-48-20-12-16-24-58(48)66(6,7)62(52)38-43)44-29-33-53-49-21-13-17-25-59(49)67(8,9)63(53)39-44/h10-39H,1-9H3. The number of anilines is 3. The van der Waals surface area contributed by atoms with Crippen LogP contribution in [0, 0.1) is 6.92 Å². The summed E-state index contributed by atoms with van der Waals surface area (Å²) in [5.74, 6) is 0. The third-order valence-corrected chi connectivity index (χ3v) is 17.1. The smallest absolute Gasteiger partial charge is 0.0474 e. The number of rotatable bonds is 5. The average Bonchev–Trinajstić information content (AvgIpc) is 3.92. The molecule has 0 saturated carbocycles. The van der Waals surface area contributed by atoms with Gasteiger partial charge in [0.1, 0.15) is 0 Å². The monoisotopic (exact) mass is 875 g/mol. The first-order chi connectivity index (χ1) is 32.7. The van der Waals surface area contributed by atoms with E-state index < -0.39 is 0 Å². The summed E-state index contributed by atoms with van der Waals surface area (Å²) in [5.41, 5.74) is 31.0. The van der Waals surface area contributed by atoms with Gasteiger partial charge in [0.15, 0.2) is 0 Å². The molecule has 0 aliphatic heterocycles. The number of fused-ring (bicyclic) bond motifs is 12. The highest BCUT2D eigenvalue weighted by molar-refractivity contribution is 5.94. The molecule has 0 spiro atoms. The molecule has 0 atom stereocenters. The molecular formula is C67H57N. The first-order valence-corrected chi connectivity index (χ1v) is 24.6. The lowest BCUT2D eigenvalue weighted by Gasteiger charge is -2.31. The SMILES string of the molecule is Cc1c(-c2ccc3c(c2)C(C)(C)c2ccccc2-3)cc(N(c2ccc3c(c2)C(C)(C)c2ccccc2-3)c2ccc3c(c2)C(C)(C)c2ccccc2-3)cc1-c1ccc2c(c1)C(C)(C)c1ccccc1-2. The van der Waals surface area contributed by atoms with Crippen LogP contribution in [0.25, 0.3) is 66.8 Å². The summed E-state index contributed by atoms with van der Waals surface area (Å²) in [6.07, 6.45) is 0. The fourth-order valence-corrected chi connectivity index (χ4v) is 13.3. The van der Waals surface area contributed by atoms with Crippen LogP contribution in [0.2, 0.25) is 0 Å². The topological polar surface area (TPSA) is 3.24 Å². The quantitative estimate of drug-likeness (QED) is 0.167. The van der Waals surface area contributed by atoms with Crippen LogP contribution in [0.1, 0.15) is 105 Å². The number of nitrogens with zero attached hydrogens (tertiary/aromatic N) is 1. The maximum Gasteiger partial charge on any atom is 0.0474 e. The maximum atomic E-state index is 2.56. The molecule has 0 heterocycles. The minimum Gasteiger partial charge on any atom is -0.310 e. The highest BCUT2D eigenvalue weighted by Gasteiger charge is 2.40. The van der Waals surface area contributed by atoms with Crippen molar-refractivity contribution in [2.45, 2.75) is 84.0 Å². The Morgan fingerprint density at radius 3 is 0.868 bits per heavy atom. The van der Waals surface area contributed by atoms with Crippen LogP contribution in [0.4, 0.5) is 17.1 Å². The van der Waals surface area contributed by atoms with Crippen LogP contribution in [0.5, 0.6) is 0 Å². The number of hydrogen-bond donors (Lipinski definition) is 0. The Morgan fingerprint density at radius 2 is 0.529 bits per heavy atom. The van der Waals surface area contributed by atoms with E-state index in [1.807, 2.05) is 0 Å². The predicted molar refractivity (Wildman–Crippen MR) is 287 cm³/mol. The molecule has 13 rings (SSSR count). The molecule has 4 aliphatic rings. The van der Waals surface area contributed by atoms with Crippen molar-refractivity contribution in [3.05, 3.63) is 232 Å². The van der Waals surface area contributed by atoms with E-state index in [0.29, 0.717) is 0 Å². The van der Waals surface area contributed by atoms with Crippen molar-refractivity contribution in [2.24, 2.45) is 0 Å². The van der Waals surface area contributed by atoms with E-state index >= 15 is 0 Å². The Labute approximate surface area is 402 Å². The van der Waals surface area contributed by atoms with Gasteiger partial charge in [-0.05, 0) is 172 Å². The summed E-state index contributed by atoms with van der Waals surface area (Å²) >= 11 is 0. The zero-order valence-corrected chi connectivity index (χ0v) is 40.8. The number of benzene rings is 9. The van der Waals surface area contributed by atoms with E-state index in [2.05, 4.69) is 249 Å². The van der Waals surface area contributed by atoms with Crippen LogP contribution < -0.4 is 4.90 Å². The van der Waals surface area contributed by atoms with Gasteiger partial charge in [0.2, 0.25) is 0 Å². The van der Waals surface area contributed by atoms with E-state index in [1.165, 1.54) is 117 Å². The Morgan fingerprint density at radius 1 is 0.250 bits per heavy atom. The van der Waals surface area contributed by atoms with Crippen LogP contribution in [-0.2, 0) is 21.7 Å². The minimum absolute atomic E-state index is 0.119. The molecule has 9 aromatic rings. The Kier molecular flexibility index (Phi) is 8.40. The summed E-state index contributed by atoms with van der Waals surface area (Å²) in [4.78, 5) is 2.56. The zero-order valence-electron chi connectivity index (χ0n) is 40.8. The van der Waals surface area contributed by atoms with Gasteiger partial charge in [-0.25, -0.2) is 0 Å². The zero-order chi connectivity index (χ0) is 46.6. The van der Waals surface area contributed by atoms with Gasteiger partial charge in [-0.1, -0.05) is 189 Å². The average molecular weight is 876 g/mol. The normalized spacial score (nSPS) is 16.2. The molecule has 0 bridgehead atoms. The van der Waals surface area contributed by atoms with Crippen molar-refractivity contribution < 1.29 is 0 Å². The third kappa shape index (κ3) is 5.51. The molecule has 0 saturated heterocycles. The molecule has 1 nitrogen and oxygen atoms in total. The molecule has 68 heavy (non-hydrogen) atoms. The lowest BCUT2D eigenvalue weighted by molar-refractivity contribution is 0.660. The molecule has 0 aromatic heterocycles. The fourth-order valence-electron chi connectivity index (χ4n) is 13.3.